The first kappa shape index (κ1) is 27.6. The number of amides is 1. The largest absolute Gasteiger partial charge is 0.490 e. The molecule has 2 heterocycles. The van der Waals surface area contributed by atoms with E-state index in [2.05, 4.69) is 29.6 Å². The zero-order valence-electron chi connectivity index (χ0n) is 23.1. The first-order chi connectivity index (χ1) is 19.9. The minimum Gasteiger partial charge on any atom is -0.490 e. The van der Waals surface area contributed by atoms with E-state index in [4.69, 9.17) is 9.72 Å². The fraction of sp³-hybridized carbons (Fsp3) is 0.206. The minimum atomic E-state index is -0.299. The molecule has 206 valence electrons. The number of hydrogen-bond acceptors (Lipinski definition) is 5. The van der Waals surface area contributed by atoms with E-state index in [1.54, 1.807) is 12.1 Å². The van der Waals surface area contributed by atoms with Gasteiger partial charge in [-0.05, 0) is 68.1 Å². The molecule has 3 aromatic carbocycles. The van der Waals surface area contributed by atoms with E-state index in [-0.39, 0.29) is 24.7 Å². The van der Waals surface area contributed by atoms with Crippen LogP contribution in [0.3, 0.4) is 0 Å². The molecule has 0 saturated carbocycles. The third-order valence-electron chi connectivity index (χ3n) is 6.84. The molecule has 1 atom stereocenters. The molecule has 41 heavy (non-hydrogen) atoms. The van der Waals surface area contributed by atoms with Crippen molar-refractivity contribution in [3.8, 4) is 34.2 Å². The van der Waals surface area contributed by atoms with Gasteiger partial charge >= 0.3 is 0 Å². The summed E-state index contributed by atoms with van der Waals surface area (Å²) in [6.45, 7) is 3.71. The molecule has 0 fully saturated rings. The van der Waals surface area contributed by atoms with Gasteiger partial charge < -0.3 is 19.6 Å². The third-order valence-corrected chi connectivity index (χ3v) is 6.84. The summed E-state index contributed by atoms with van der Waals surface area (Å²) in [6, 6.07) is 29.1. The van der Waals surface area contributed by atoms with Gasteiger partial charge in [-0.3, -0.25) is 4.79 Å². The molecule has 0 bridgehead atoms. The molecule has 7 nitrogen and oxygen atoms in total. The Labute approximate surface area is 239 Å². The van der Waals surface area contributed by atoms with Crippen molar-refractivity contribution in [2.45, 2.75) is 38.8 Å². The van der Waals surface area contributed by atoms with Crippen LogP contribution in [0, 0.1) is 11.3 Å². The Kier molecular flexibility index (Phi) is 8.42. The van der Waals surface area contributed by atoms with Crippen molar-refractivity contribution < 1.29 is 14.6 Å². The number of fused-ring (bicyclic) bond motifs is 1. The molecule has 2 N–H and O–H groups in total. The molecular formula is C34H32N4O3. The van der Waals surface area contributed by atoms with Crippen LogP contribution >= 0.6 is 0 Å². The molecule has 5 aromatic rings. The van der Waals surface area contributed by atoms with Crippen LogP contribution < -0.4 is 10.1 Å². The van der Waals surface area contributed by atoms with Crippen LogP contribution in [0.4, 0.5) is 0 Å². The van der Waals surface area contributed by atoms with E-state index in [1.165, 1.54) is 6.07 Å². The fourth-order valence-corrected chi connectivity index (χ4v) is 4.86. The fourth-order valence-electron chi connectivity index (χ4n) is 4.86. The summed E-state index contributed by atoms with van der Waals surface area (Å²) in [5.74, 6) is 0.152. The lowest BCUT2D eigenvalue weighted by molar-refractivity contribution is 0.0930. The Bertz CT molecular complexity index is 1690. The van der Waals surface area contributed by atoms with Crippen molar-refractivity contribution in [1.29, 1.82) is 5.26 Å². The van der Waals surface area contributed by atoms with E-state index in [0.29, 0.717) is 29.7 Å². The average Bonchev–Trinajstić information content (AvgIpc) is 3.43. The van der Waals surface area contributed by atoms with Gasteiger partial charge in [0, 0.05) is 41.7 Å². The number of carbonyl (C=O) groups is 1. The molecular weight excluding hydrogens is 512 g/mol. The molecule has 5 rings (SSSR count). The smallest absolute Gasteiger partial charge is 0.251 e. The van der Waals surface area contributed by atoms with Gasteiger partial charge in [0.05, 0.1) is 17.4 Å². The summed E-state index contributed by atoms with van der Waals surface area (Å²) in [4.78, 5) is 18.0. The SMILES string of the molecule is CC(C)Oc1ccc(C(=O)N[C@H](CCO)Cc2ccc(-c3cn4cccc(-c5ccccc5)c4n3)cc2)cc1C#N. The van der Waals surface area contributed by atoms with E-state index < -0.39 is 0 Å². The number of aliphatic hydroxyl groups excluding tert-OH is 1. The summed E-state index contributed by atoms with van der Waals surface area (Å²) in [7, 11) is 0. The van der Waals surface area contributed by atoms with Gasteiger partial charge in [-0.25, -0.2) is 4.98 Å². The van der Waals surface area contributed by atoms with Crippen LogP contribution in [0.15, 0.2) is 97.3 Å². The topological polar surface area (TPSA) is 99.7 Å². The number of aromatic nitrogens is 2. The maximum Gasteiger partial charge on any atom is 0.251 e. The Morgan fingerprint density at radius 3 is 2.51 bits per heavy atom. The third kappa shape index (κ3) is 6.46. The van der Waals surface area contributed by atoms with Crippen molar-refractivity contribution in [1.82, 2.24) is 14.7 Å². The molecule has 7 heteroatoms. The maximum atomic E-state index is 13.0. The molecule has 0 aliphatic heterocycles. The van der Waals surface area contributed by atoms with E-state index in [1.807, 2.05) is 79.2 Å². The van der Waals surface area contributed by atoms with Gasteiger partial charge in [0.25, 0.3) is 5.91 Å². The highest BCUT2D eigenvalue weighted by atomic mass is 16.5. The minimum absolute atomic E-state index is 0.0569. The van der Waals surface area contributed by atoms with Crippen LogP contribution in [0.2, 0.25) is 0 Å². The summed E-state index contributed by atoms with van der Waals surface area (Å²) < 4.78 is 7.70. The second-order valence-corrected chi connectivity index (χ2v) is 10.2. The number of nitrogens with zero attached hydrogens (tertiary/aromatic N) is 3. The molecule has 1 amide bonds. The molecule has 0 aliphatic rings. The van der Waals surface area contributed by atoms with Gasteiger partial charge in [0.15, 0.2) is 0 Å². The predicted molar refractivity (Wildman–Crippen MR) is 160 cm³/mol. The molecule has 2 aromatic heterocycles. The van der Waals surface area contributed by atoms with E-state index >= 15 is 0 Å². The number of ether oxygens (including phenoxy) is 1. The maximum absolute atomic E-state index is 13.0. The normalized spacial score (nSPS) is 11.8. The first-order valence-corrected chi connectivity index (χ1v) is 13.7. The van der Waals surface area contributed by atoms with Crippen LogP contribution in [0.25, 0.3) is 28.0 Å². The predicted octanol–water partition coefficient (Wildman–Crippen LogP) is 6.05. The van der Waals surface area contributed by atoms with Crippen LogP contribution in [-0.4, -0.2) is 39.2 Å². The van der Waals surface area contributed by atoms with Crippen LogP contribution in [-0.2, 0) is 6.42 Å². The van der Waals surface area contributed by atoms with Gasteiger partial charge in [-0.15, -0.1) is 0 Å². The summed E-state index contributed by atoms with van der Waals surface area (Å²) in [5.41, 5.74) is 6.66. The highest BCUT2D eigenvalue weighted by Crippen LogP contribution is 2.27. The molecule has 0 spiro atoms. The lowest BCUT2D eigenvalue weighted by Gasteiger charge is -2.19. The van der Waals surface area contributed by atoms with Gasteiger partial charge in [-0.2, -0.15) is 5.26 Å². The molecule has 0 aliphatic carbocycles. The van der Waals surface area contributed by atoms with Crippen LogP contribution in [0.5, 0.6) is 5.75 Å². The Balaban J connectivity index is 1.30. The van der Waals surface area contributed by atoms with E-state index in [0.717, 1.165) is 33.6 Å². The Morgan fingerprint density at radius 1 is 1.02 bits per heavy atom. The lowest BCUT2D eigenvalue weighted by Crippen LogP contribution is -2.37. The Morgan fingerprint density at radius 2 is 1.80 bits per heavy atom. The first-order valence-electron chi connectivity index (χ1n) is 13.7. The number of imidazole rings is 1. The van der Waals surface area contributed by atoms with Crippen molar-refractivity contribution >= 4 is 11.6 Å². The quantitative estimate of drug-likeness (QED) is 0.223. The number of pyridine rings is 1. The summed E-state index contributed by atoms with van der Waals surface area (Å²) in [5, 5.41) is 22.2. The molecule has 0 unspecified atom stereocenters. The molecule has 0 radical (unpaired) electrons. The zero-order chi connectivity index (χ0) is 28.8. The van der Waals surface area contributed by atoms with Crippen LogP contribution in [0.1, 0.15) is 41.8 Å². The number of nitriles is 1. The standard InChI is InChI=1S/C34H32N4O3/c1-23(2)41-32-15-14-27(20-28(32)21-35)34(40)36-29(16-18-39)19-24-10-12-26(13-11-24)31-22-38-17-6-9-30(33(38)37-31)25-7-4-3-5-8-25/h3-15,17,20,22-23,29,39H,16,18-19H2,1-2H3,(H,36,40)/t29-/m1/s1. The van der Waals surface area contributed by atoms with Gasteiger partial charge in [0.1, 0.15) is 17.5 Å². The number of hydrogen-bond donors (Lipinski definition) is 2. The summed E-state index contributed by atoms with van der Waals surface area (Å²) in [6.07, 6.45) is 4.90. The van der Waals surface area contributed by atoms with Gasteiger partial charge in [-0.1, -0.05) is 54.6 Å². The molecule has 0 saturated heterocycles. The monoisotopic (exact) mass is 544 g/mol. The summed E-state index contributed by atoms with van der Waals surface area (Å²) >= 11 is 0. The van der Waals surface area contributed by atoms with Crippen molar-refractivity contribution in [2.75, 3.05) is 6.61 Å². The van der Waals surface area contributed by atoms with Gasteiger partial charge in [0.2, 0.25) is 0 Å². The lowest BCUT2D eigenvalue weighted by atomic mass is 10.0. The number of benzene rings is 3. The van der Waals surface area contributed by atoms with Crippen molar-refractivity contribution in [3.63, 3.8) is 0 Å². The van der Waals surface area contributed by atoms with Crippen molar-refractivity contribution in [2.24, 2.45) is 0 Å². The zero-order valence-corrected chi connectivity index (χ0v) is 23.1. The Hall–Kier alpha value is -4.93. The highest BCUT2D eigenvalue weighted by molar-refractivity contribution is 5.95. The second-order valence-electron chi connectivity index (χ2n) is 10.2. The average molecular weight is 545 g/mol. The number of carbonyl (C=O) groups excluding carboxylic acids is 1. The highest BCUT2D eigenvalue weighted by Gasteiger charge is 2.17. The van der Waals surface area contributed by atoms with Crippen molar-refractivity contribution in [3.05, 3.63) is 114 Å². The second kappa shape index (κ2) is 12.5. The number of aliphatic hydroxyl groups is 1. The van der Waals surface area contributed by atoms with E-state index in [9.17, 15) is 15.2 Å². The number of nitrogens with one attached hydrogen (secondary N) is 1. The number of rotatable bonds is 10.